The van der Waals surface area contributed by atoms with Gasteiger partial charge in [0.1, 0.15) is 11.5 Å². The zero-order valence-corrected chi connectivity index (χ0v) is 12.3. The molecule has 1 aromatic heterocycles. The summed E-state index contributed by atoms with van der Waals surface area (Å²) in [6, 6.07) is 7.09. The Labute approximate surface area is 126 Å². The summed E-state index contributed by atoms with van der Waals surface area (Å²) in [6.07, 6.45) is 0. The standard InChI is InChI=1S/C15H12ClNO2S/c1-10-4-5-12(16)9-13(10)17-15(19)14-11(3-2-7-18)6-8-20-14/h4-6,8-9,18H,7H2,1H3,(H,17,19). The molecule has 0 radical (unpaired) electrons. The van der Waals surface area contributed by atoms with Gasteiger partial charge < -0.3 is 10.4 Å². The lowest BCUT2D eigenvalue weighted by molar-refractivity contribution is 0.103. The summed E-state index contributed by atoms with van der Waals surface area (Å²) in [4.78, 5) is 12.8. The molecule has 0 spiro atoms. The maximum absolute atomic E-state index is 12.2. The van der Waals surface area contributed by atoms with Crippen LogP contribution in [0.25, 0.3) is 0 Å². The van der Waals surface area contributed by atoms with Crippen LogP contribution in [0.5, 0.6) is 0 Å². The van der Waals surface area contributed by atoms with Gasteiger partial charge in [0.05, 0.1) is 0 Å². The molecule has 0 unspecified atom stereocenters. The molecule has 0 fully saturated rings. The first-order valence-corrected chi connectivity index (χ1v) is 7.12. The van der Waals surface area contributed by atoms with Gasteiger partial charge in [-0.3, -0.25) is 4.79 Å². The molecule has 1 aromatic carbocycles. The summed E-state index contributed by atoms with van der Waals surface area (Å²) in [5.41, 5.74) is 2.22. The van der Waals surface area contributed by atoms with E-state index in [1.165, 1.54) is 11.3 Å². The van der Waals surface area contributed by atoms with Gasteiger partial charge in [0.15, 0.2) is 0 Å². The monoisotopic (exact) mass is 305 g/mol. The number of aliphatic hydroxyl groups excluding tert-OH is 1. The number of amides is 1. The van der Waals surface area contributed by atoms with Crippen LogP contribution in [0.2, 0.25) is 5.02 Å². The number of nitrogens with one attached hydrogen (secondary N) is 1. The van der Waals surface area contributed by atoms with Gasteiger partial charge in [0.25, 0.3) is 5.91 Å². The van der Waals surface area contributed by atoms with Gasteiger partial charge in [-0.25, -0.2) is 0 Å². The summed E-state index contributed by atoms with van der Waals surface area (Å²) in [7, 11) is 0. The van der Waals surface area contributed by atoms with Crippen LogP contribution in [-0.4, -0.2) is 17.6 Å². The zero-order valence-electron chi connectivity index (χ0n) is 10.7. The van der Waals surface area contributed by atoms with E-state index in [-0.39, 0.29) is 12.5 Å². The second kappa shape index (κ2) is 6.58. The fraction of sp³-hybridized carbons (Fsp3) is 0.133. The van der Waals surface area contributed by atoms with Crippen molar-refractivity contribution < 1.29 is 9.90 Å². The minimum absolute atomic E-state index is 0.229. The number of carbonyl (C=O) groups is 1. The number of anilines is 1. The summed E-state index contributed by atoms with van der Waals surface area (Å²) in [6.45, 7) is 1.66. The second-order valence-corrected chi connectivity index (χ2v) is 5.39. The molecule has 0 saturated heterocycles. The fourth-order valence-corrected chi connectivity index (χ4v) is 2.54. The Morgan fingerprint density at radius 3 is 3.00 bits per heavy atom. The molecule has 5 heteroatoms. The summed E-state index contributed by atoms with van der Waals surface area (Å²) < 4.78 is 0. The third-order valence-corrected chi connectivity index (χ3v) is 3.77. The van der Waals surface area contributed by atoms with E-state index in [9.17, 15) is 4.79 Å². The molecule has 1 amide bonds. The smallest absolute Gasteiger partial charge is 0.267 e. The largest absolute Gasteiger partial charge is 0.384 e. The molecule has 2 N–H and O–H groups in total. The van der Waals surface area contributed by atoms with E-state index in [0.717, 1.165) is 5.56 Å². The van der Waals surface area contributed by atoms with Crippen LogP contribution in [0.3, 0.4) is 0 Å². The topological polar surface area (TPSA) is 49.3 Å². The average Bonchev–Trinajstić information content (AvgIpc) is 2.89. The Balaban J connectivity index is 2.24. The summed E-state index contributed by atoms with van der Waals surface area (Å²) in [5, 5.41) is 13.9. The van der Waals surface area contributed by atoms with Gasteiger partial charge in [-0.15, -0.1) is 11.3 Å². The number of aliphatic hydroxyl groups is 1. The third-order valence-electron chi connectivity index (χ3n) is 2.62. The van der Waals surface area contributed by atoms with Gasteiger partial charge in [-0.2, -0.15) is 0 Å². The maximum atomic E-state index is 12.2. The van der Waals surface area contributed by atoms with Crippen LogP contribution in [0.1, 0.15) is 20.8 Å². The quantitative estimate of drug-likeness (QED) is 0.836. The van der Waals surface area contributed by atoms with Gasteiger partial charge >= 0.3 is 0 Å². The normalized spacial score (nSPS) is 9.75. The molecule has 2 rings (SSSR count). The molecule has 0 aliphatic carbocycles. The molecular formula is C15H12ClNO2S. The highest BCUT2D eigenvalue weighted by Gasteiger charge is 2.13. The molecule has 0 atom stereocenters. The highest BCUT2D eigenvalue weighted by molar-refractivity contribution is 7.12. The van der Waals surface area contributed by atoms with Crippen LogP contribution >= 0.6 is 22.9 Å². The lowest BCUT2D eigenvalue weighted by Crippen LogP contribution is -2.12. The number of aryl methyl sites for hydroxylation is 1. The van der Waals surface area contributed by atoms with Crippen molar-refractivity contribution in [2.24, 2.45) is 0 Å². The number of hydrogen-bond donors (Lipinski definition) is 2. The van der Waals surface area contributed by atoms with E-state index < -0.39 is 0 Å². The molecular weight excluding hydrogens is 294 g/mol. The lowest BCUT2D eigenvalue weighted by atomic mass is 10.2. The molecule has 1 heterocycles. The number of halogens is 1. The van der Waals surface area contributed by atoms with Crippen molar-refractivity contribution in [3.05, 3.63) is 50.7 Å². The van der Waals surface area contributed by atoms with E-state index >= 15 is 0 Å². The molecule has 0 bridgehead atoms. The summed E-state index contributed by atoms with van der Waals surface area (Å²) >= 11 is 7.23. The predicted octanol–water partition coefficient (Wildman–Crippen LogP) is 3.31. The van der Waals surface area contributed by atoms with E-state index in [2.05, 4.69) is 17.2 Å². The number of thiophene rings is 1. The Kier molecular flexibility index (Phi) is 4.80. The first-order chi connectivity index (χ1) is 9.61. The van der Waals surface area contributed by atoms with Crippen molar-refractivity contribution in [1.82, 2.24) is 0 Å². The third kappa shape index (κ3) is 3.40. The number of rotatable bonds is 2. The van der Waals surface area contributed by atoms with Gasteiger partial charge in [-0.1, -0.05) is 29.5 Å². The van der Waals surface area contributed by atoms with Gasteiger partial charge in [0, 0.05) is 16.3 Å². The first-order valence-electron chi connectivity index (χ1n) is 5.86. The molecule has 0 saturated carbocycles. The van der Waals surface area contributed by atoms with Crippen LogP contribution in [0.15, 0.2) is 29.6 Å². The lowest BCUT2D eigenvalue weighted by Gasteiger charge is -2.08. The molecule has 3 nitrogen and oxygen atoms in total. The van der Waals surface area contributed by atoms with Gasteiger partial charge in [-0.05, 0) is 36.1 Å². The minimum Gasteiger partial charge on any atom is -0.384 e. The number of benzene rings is 1. The highest BCUT2D eigenvalue weighted by atomic mass is 35.5. The van der Waals surface area contributed by atoms with E-state index in [1.54, 1.807) is 23.6 Å². The van der Waals surface area contributed by atoms with Crippen molar-refractivity contribution in [2.45, 2.75) is 6.92 Å². The molecule has 20 heavy (non-hydrogen) atoms. The average molecular weight is 306 g/mol. The van der Waals surface area contributed by atoms with Gasteiger partial charge in [0.2, 0.25) is 0 Å². The predicted molar refractivity (Wildman–Crippen MR) is 82.4 cm³/mol. The van der Waals surface area contributed by atoms with Crippen LogP contribution in [-0.2, 0) is 0 Å². The highest BCUT2D eigenvalue weighted by Crippen LogP contribution is 2.23. The Morgan fingerprint density at radius 2 is 2.25 bits per heavy atom. The Hall–Kier alpha value is -1.80. The summed E-state index contributed by atoms with van der Waals surface area (Å²) in [5.74, 6) is 5.07. The minimum atomic E-state index is -0.232. The van der Waals surface area contributed by atoms with E-state index in [0.29, 0.717) is 21.2 Å². The van der Waals surface area contributed by atoms with E-state index in [1.807, 2.05) is 13.0 Å². The van der Waals surface area contributed by atoms with Crippen molar-refractivity contribution in [2.75, 3.05) is 11.9 Å². The van der Waals surface area contributed by atoms with Crippen LogP contribution in [0, 0.1) is 18.8 Å². The Morgan fingerprint density at radius 1 is 1.45 bits per heavy atom. The zero-order chi connectivity index (χ0) is 14.5. The molecule has 102 valence electrons. The fourth-order valence-electron chi connectivity index (χ4n) is 1.63. The van der Waals surface area contributed by atoms with Crippen LogP contribution in [0.4, 0.5) is 5.69 Å². The van der Waals surface area contributed by atoms with Crippen molar-refractivity contribution in [1.29, 1.82) is 0 Å². The Bertz CT molecular complexity index is 697. The first kappa shape index (κ1) is 14.6. The second-order valence-electron chi connectivity index (χ2n) is 4.04. The van der Waals surface area contributed by atoms with Crippen molar-refractivity contribution >= 4 is 34.5 Å². The number of carbonyl (C=O) groups excluding carboxylic acids is 1. The SMILES string of the molecule is Cc1ccc(Cl)cc1NC(=O)c1sccc1C#CCO. The molecule has 2 aromatic rings. The maximum Gasteiger partial charge on any atom is 0.267 e. The van der Waals surface area contributed by atoms with Crippen molar-refractivity contribution in [3.8, 4) is 11.8 Å². The number of hydrogen-bond acceptors (Lipinski definition) is 3. The molecule has 0 aliphatic rings. The van der Waals surface area contributed by atoms with Crippen molar-refractivity contribution in [3.63, 3.8) is 0 Å². The van der Waals surface area contributed by atoms with E-state index in [4.69, 9.17) is 16.7 Å². The molecule has 0 aliphatic heterocycles. The van der Waals surface area contributed by atoms with Crippen LogP contribution < -0.4 is 5.32 Å².